The molecular formula is C12H17N3S2. The van der Waals surface area contributed by atoms with Gasteiger partial charge in [0.25, 0.3) is 0 Å². The van der Waals surface area contributed by atoms with Crippen molar-refractivity contribution in [1.82, 2.24) is 10.3 Å². The average Bonchev–Trinajstić information content (AvgIpc) is 2.97. The highest BCUT2D eigenvalue weighted by Gasteiger charge is 2.10. The zero-order valence-corrected chi connectivity index (χ0v) is 11.8. The lowest BCUT2D eigenvalue weighted by molar-refractivity contribution is 0.784. The van der Waals surface area contributed by atoms with Crippen LogP contribution in [0.4, 0.5) is 5.13 Å². The van der Waals surface area contributed by atoms with E-state index in [4.69, 9.17) is 0 Å². The molecule has 3 nitrogen and oxygen atoms in total. The molecule has 0 fully saturated rings. The predicted octanol–water partition coefficient (Wildman–Crippen LogP) is 2.95. The van der Waals surface area contributed by atoms with Gasteiger partial charge in [0.05, 0.1) is 12.2 Å². The van der Waals surface area contributed by atoms with Crippen LogP contribution in [0.2, 0.25) is 0 Å². The normalized spacial score (nSPS) is 10.7. The van der Waals surface area contributed by atoms with Gasteiger partial charge in [-0.25, -0.2) is 4.98 Å². The van der Waals surface area contributed by atoms with E-state index in [0.29, 0.717) is 0 Å². The number of aromatic nitrogens is 1. The Morgan fingerprint density at radius 3 is 2.94 bits per heavy atom. The summed E-state index contributed by atoms with van der Waals surface area (Å²) in [4.78, 5) is 8.34. The average molecular weight is 267 g/mol. The van der Waals surface area contributed by atoms with Crippen molar-refractivity contribution in [1.29, 1.82) is 0 Å². The third-order valence-electron chi connectivity index (χ3n) is 2.48. The summed E-state index contributed by atoms with van der Waals surface area (Å²) in [6, 6.07) is 4.28. The third-order valence-corrected chi connectivity index (χ3v) is 4.29. The summed E-state index contributed by atoms with van der Waals surface area (Å²) in [5.74, 6) is 0. The van der Waals surface area contributed by atoms with Gasteiger partial charge in [-0.05, 0) is 25.4 Å². The van der Waals surface area contributed by atoms with Crippen molar-refractivity contribution in [3.63, 3.8) is 0 Å². The van der Waals surface area contributed by atoms with E-state index in [1.165, 1.54) is 4.88 Å². The SMILES string of the molecule is CCN(Cc1cccs1)c1nc(CNC)cs1. The number of thiazole rings is 1. The molecule has 2 rings (SSSR count). The van der Waals surface area contributed by atoms with Crippen molar-refractivity contribution in [2.24, 2.45) is 0 Å². The van der Waals surface area contributed by atoms with E-state index in [0.717, 1.165) is 30.5 Å². The topological polar surface area (TPSA) is 28.2 Å². The monoisotopic (exact) mass is 267 g/mol. The van der Waals surface area contributed by atoms with E-state index in [9.17, 15) is 0 Å². The molecule has 2 aromatic rings. The second kappa shape index (κ2) is 6.14. The quantitative estimate of drug-likeness (QED) is 0.872. The molecule has 0 unspecified atom stereocenters. The van der Waals surface area contributed by atoms with E-state index in [1.54, 1.807) is 22.7 Å². The van der Waals surface area contributed by atoms with Gasteiger partial charge in [0, 0.05) is 23.3 Å². The van der Waals surface area contributed by atoms with Crippen molar-refractivity contribution in [2.45, 2.75) is 20.0 Å². The zero-order valence-electron chi connectivity index (χ0n) is 10.1. The molecular weight excluding hydrogens is 250 g/mol. The second-order valence-electron chi connectivity index (χ2n) is 3.75. The molecule has 0 aliphatic carbocycles. The maximum Gasteiger partial charge on any atom is 0.185 e. The van der Waals surface area contributed by atoms with Gasteiger partial charge in [-0.3, -0.25) is 0 Å². The number of nitrogens with one attached hydrogen (secondary N) is 1. The van der Waals surface area contributed by atoms with Crippen LogP contribution >= 0.6 is 22.7 Å². The molecule has 0 aromatic carbocycles. The number of thiophene rings is 1. The fourth-order valence-corrected chi connectivity index (χ4v) is 3.22. The van der Waals surface area contributed by atoms with Crippen molar-refractivity contribution in [3.05, 3.63) is 33.5 Å². The van der Waals surface area contributed by atoms with Gasteiger partial charge in [-0.15, -0.1) is 22.7 Å². The van der Waals surface area contributed by atoms with Crippen LogP contribution in [-0.4, -0.2) is 18.6 Å². The molecule has 0 saturated carbocycles. The number of hydrogen-bond donors (Lipinski definition) is 1. The van der Waals surface area contributed by atoms with Gasteiger partial charge < -0.3 is 10.2 Å². The first-order valence-electron chi connectivity index (χ1n) is 5.69. The molecule has 0 aliphatic rings. The predicted molar refractivity (Wildman–Crippen MR) is 75.9 cm³/mol. The maximum absolute atomic E-state index is 4.64. The van der Waals surface area contributed by atoms with Crippen LogP contribution < -0.4 is 10.2 Å². The minimum atomic E-state index is 0.840. The van der Waals surface area contributed by atoms with Gasteiger partial charge in [-0.2, -0.15) is 0 Å². The summed E-state index contributed by atoms with van der Waals surface area (Å²) in [6.45, 7) is 4.96. The number of anilines is 1. The highest BCUT2D eigenvalue weighted by molar-refractivity contribution is 7.13. The number of hydrogen-bond acceptors (Lipinski definition) is 5. The van der Waals surface area contributed by atoms with E-state index in [2.05, 4.69) is 45.0 Å². The summed E-state index contributed by atoms with van der Waals surface area (Å²) in [5, 5.41) is 8.49. The first-order valence-corrected chi connectivity index (χ1v) is 7.45. The lowest BCUT2D eigenvalue weighted by Crippen LogP contribution is -2.21. The van der Waals surface area contributed by atoms with Crippen LogP contribution in [-0.2, 0) is 13.1 Å². The fourth-order valence-electron chi connectivity index (χ4n) is 1.61. The summed E-state index contributed by atoms with van der Waals surface area (Å²) >= 11 is 3.52. The molecule has 0 spiro atoms. The first kappa shape index (κ1) is 12.5. The van der Waals surface area contributed by atoms with Crippen molar-refractivity contribution >= 4 is 27.8 Å². The van der Waals surface area contributed by atoms with Crippen LogP contribution in [0.25, 0.3) is 0 Å². The van der Waals surface area contributed by atoms with E-state index in [1.807, 2.05) is 7.05 Å². The Kier molecular flexibility index (Phi) is 4.53. The van der Waals surface area contributed by atoms with Gasteiger partial charge in [-0.1, -0.05) is 6.07 Å². The third kappa shape index (κ3) is 3.28. The molecule has 17 heavy (non-hydrogen) atoms. The van der Waals surface area contributed by atoms with Gasteiger partial charge in [0.15, 0.2) is 5.13 Å². The van der Waals surface area contributed by atoms with Gasteiger partial charge in [0.2, 0.25) is 0 Å². The van der Waals surface area contributed by atoms with Crippen LogP contribution in [0.3, 0.4) is 0 Å². The van der Waals surface area contributed by atoms with Crippen molar-refractivity contribution in [3.8, 4) is 0 Å². The van der Waals surface area contributed by atoms with Crippen molar-refractivity contribution in [2.75, 3.05) is 18.5 Å². The van der Waals surface area contributed by atoms with Gasteiger partial charge >= 0.3 is 0 Å². The molecule has 0 atom stereocenters. The Morgan fingerprint density at radius 1 is 1.41 bits per heavy atom. The first-order chi connectivity index (χ1) is 8.33. The molecule has 2 aromatic heterocycles. The molecule has 0 aliphatic heterocycles. The highest BCUT2D eigenvalue weighted by atomic mass is 32.1. The lowest BCUT2D eigenvalue weighted by Gasteiger charge is -2.18. The molecule has 2 heterocycles. The van der Waals surface area contributed by atoms with Crippen molar-refractivity contribution < 1.29 is 0 Å². The summed E-state index contributed by atoms with van der Waals surface area (Å²) in [5.41, 5.74) is 1.12. The minimum absolute atomic E-state index is 0.840. The van der Waals surface area contributed by atoms with Crippen LogP contribution in [0, 0.1) is 0 Å². The molecule has 1 N–H and O–H groups in total. The summed E-state index contributed by atoms with van der Waals surface area (Å²) in [6.07, 6.45) is 0. The van der Waals surface area contributed by atoms with E-state index >= 15 is 0 Å². The minimum Gasteiger partial charge on any atom is -0.343 e. The molecule has 0 radical (unpaired) electrons. The Labute approximate surface area is 110 Å². The zero-order chi connectivity index (χ0) is 12.1. The Morgan fingerprint density at radius 2 is 2.29 bits per heavy atom. The smallest absolute Gasteiger partial charge is 0.185 e. The van der Waals surface area contributed by atoms with Crippen LogP contribution in [0.15, 0.2) is 22.9 Å². The highest BCUT2D eigenvalue weighted by Crippen LogP contribution is 2.23. The maximum atomic E-state index is 4.64. The molecule has 92 valence electrons. The Hall–Kier alpha value is -0.910. The molecule has 0 bridgehead atoms. The van der Waals surface area contributed by atoms with Crippen LogP contribution in [0.5, 0.6) is 0 Å². The second-order valence-corrected chi connectivity index (χ2v) is 5.61. The number of rotatable bonds is 6. The summed E-state index contributed by atoms with van der Waals surface area (Å²) < 4.78 is 0. The number of nitrogens with zero attached hydrogens (tertiary/aromatic N) is 2. The van der Waals surface area contributed by atoms with E-state index in [-0.39, 0.29) is 0 Å². The lowest BCUT2D eigenvalue weighted by atomic mass is 10.4. The molecule has 0 saturated heterocycles. The Bertz CT molecular complexity index is 436. The molecule has 0 amide bonds. The fraction of sp³-hybridized carbons (Fsp3) is 0.417. The van der Waals surface area contributed by atoms with Crippen LogP contribution in [0.1, 0.15) is 17.5 Å². The Balaban J connectivity index is 2.06. The van der Waals surface area contributed by atoms with Gasteiger partial charge in [0.1, 0.15) is 0 Å². The molecule has 5 heteroatoms. The largest absolute Gasteiger partial charge is 0.343 e. The summed E-state index contributed by atoms with van der Waals surface area (Å²) in [7, 11) is 1.95. The standard InChI is InChI=1S/C12H17N3S2/c1-3-15(8-11-5-4-6-16-11)12-14-10(7-13-2)9-17-12/h4-6,9,13H,3,7-8H2,1-2H3. The van der Waals surface area contributed by atoms with E-state index < -0.39 is 0 Å².